The molecule has 0 unspecified atom stereocenters. The van der Waals surface area contributed by atoms with E-state index in [2.05, 4.69) is 11.8 Å². The maximum atomic E-state index is 13.5. The molecule has 0 spiro atoms. The number of amides is 1. The fourth-order valence-electron chi connectivity index (χ4n) is 3.51. The molecule has 0 saturated heterocycles. The number of aliphatic hydroxyl groups excluding tert-OH is 1. The van der Waals surface area contributed by atoms with Crippen molar-refractivity contribution in [2.24, 2.45) is 11.8 Å². The summed E-state index contributed by atoms with van der Waals surface area (Å²) in [4.78, 5) is 16.0. The first-order chi connectivity index (χ1) is 15.4. The molecule has 1 amide bonds. The number of likely N-dealkylation sites (N-methyl/N-ethyl adjacent to an activating group) is 2. The van der Waals surface area contributed by atoms with Crippen LogP contribution in [-0.4, -0.2) is 93.1 Å². The van der Waals surface area contributed by atoms with Crippen LogP contribution >= 0.6 is 0 Å². The Hall–Kier alpha value is -2.12. The first-order valence-corrected chi connectivity index (χ1v) is 12.6. The van der Waals surface area contributed by atoms with Crippen molar-refractivity contribution in [2.45, 2.75) is 44.7 Å². The molecule has 1 heterocycles. The van der Waals surface area contributed by atoms with Crippen LogP contribution in [0.4, 0.5) is 0 Å². The van der Waals surface area contributed by atoms with Gasteiger partial charge in [-0.05, 0) is 39.2 Å². The molecule has 2 rings (SSSR count). The van der Waals surface area contributed by atoms with E-state index >= 15 is 0 Å². The molecule has 0 radical (unpaired) electrons. The molecule has 9 heteroatoms. The molecule has 1 aromatic carbocycles. The van der Waals surface area contributed by atoms with Crippen LogP contribution in [0.2, 0.25) is 0 Å². The van der Waals surface area contributed by atoms with Gasteiger partial charge in [-0.2, -0.15) is 4.31 Å². The minimum atomic E-state index is -3.91. The minimum Gasteiger partial charge on any atom is -0.487 e. The number of hydrogen-bond donors (Lipinski definition) is 1. The smallest absolute Gasteiger partial charge is 0.247 e. The quantitative estimate of drug-likeness (QED) is 0.622. The number of carbonyl (C=O) groups is 1. The third-order valence-electron chi connectivity index (χ3n) is 5.50. The van der Waals surface area contributed by atoms with Gasteiger partial charge in [-0.3, -0.25) is 4.79 Å². The number of benzene rings is 1. The standard InChI is InChI=1S/C24H37N3O5S/c1-17(2)8-9-20-10-11-23-21(12-20)32-22(14-26(7)24(29)15-25(5)6)18(3)13-27(19(4)16-28)33(23,30)31/h10-12,17-19,22,28H,13-16H2,1-7H3/t18-,19-,22-/m0/s1. The second kappa shape index (κ2) is 11.3. The highest BCUT2D eigenvalue weighted by Crippen LogP contribution is 2.34. The summed E-state index contributed by atoms with van der Waals surface area (Å²) < 4.78 is 34.6. The van der Waals surface area contributed by atoms with E-state index in [4.69, 9.17) is 4.74 Å². The van der Waals surface area contributed by atoms with Crippen LogP contribution in [-0.2, 0) is 14.8 Å². The number of aliphatic hydroxyl groups is 1. The van der Waals surface area contributed by atoms with E-state index in [1.807, 2.05) is 34.9 Å². The van der Waals surface area contributed by atoms with E-state index in [1.54, 1.807) is 35.9 Å². The van der Waals surface area contributed by atoms with Gasteiger partial charge in [0.1, 0.15) is 16.7 Å². The molecule has 1 aliphatic heterocycles. The minimum absolute atomic E-state index is 0.0390. The Balaban J connectivity index is 2.53. The second-order valence-corrected chi connectivity index (χ2v) is 11.2. The maximum Gasteiger partial charge on any atom is 0.247 e. The number of fused-ring (bicyclic) bond motifs is 1. The SMILES string of the molecule is CC(C)C#Cc1ccc2c(c1)O[C@@H](CN(C)C(=O)CN(C)C)[C@@H](C)CN([C@@H](C)CO)S2(=O)=O. The zero-order chi connectivity index (χ0) is 24.9. The molecule has 0 aromatic heterocycles. The van der Waals surface area contributed by atoms with Crippen molar-refractivity contribution in [1.29, 1.82) is 0 Å². The molecule has 0 bridgehead atoms. The lowest BCUT2D eigenvalue weighted by atomic mass is 10.0. The van der Waals surface area contributed by atoms with Crippen LogP contribution in [0.5, 0.6) is 5.75 Å². The monoisotopic (exact) mass is 479 g/mol. The summed E-state index contributed by atoms with van der Waals surface area (Å²) in [6.07, 6.45) is -0.447. The van der Waals surface area contributed by atoms with Crippen molar-refractivity contribution in [3.05, 3.63) is 23.8 Å². The van der Waals surface area contributed by atoms with Crippen molar-refractivity contribution in [3.63, 3.8) is 0 Å². The van der Waals surface area contributed by atoms with Crippen molar-refractivity contribution in [2.75, 3.05) is 47.4 Å². The Bertz CT molecular complexity index is 997. The Morgan fingerprint density at radius 2 is 1.94 bits per heavy atom. The molecular formula is C24H37N3O5S. The van der Waals surface area contributed by atoms with Gasteiger partial charge in [0, 0.05) is 37.0 Å². The van der Waals surface area contributed by atoms with Crippen LogP contribution in [0.1, 0.15) is 33.3 Å². The van der Waals surface area contributed by atoms with Crippen LogP contribution in [0, 0.1) is 23.7 Å². The summed E-state index contributed by atoms with van der Waals surface area (Å²) >= 11 is 0. The lowest BCUT2D eigenvalue weighted by Crippen LogP contribution is -2.50. The average molecular weight is 480 g/mol. The molecule has 33 heavy (non-hydrogen) atoms. The summed E-state index contributed by atoms with van der Waals surface area (Å²) in [5.74, 6) is 6.24. The van der Waals surface area contributed by atoms with Gasteiger partial charge < -0.3 is 19.6 Å². The largest absolute Gasteiger partial charge is 0.487 e. The Morgan fingerprint density at radius 3 is 2.52 bits per heavy atom. The molecule has 184 valence electrons. The van der Waals surface area contributed by atoms with E-state index in [0.29, 0.717) is 12.1 Å². The van der Waals surface area contributed by atoms with E-state index in [1.165, 1.54) is 10.4 Å². The number of nitrogens with zero attached hydrogens (tertiary/aromatic N) is 3. The molecule has 3 atom stereocenters. The maximum absolute atomic E-state index is 13.5. The highest BCUT2D eigenvalue weighted by molar-refractivity contribution is 7.89. The Labute approximate surface area is 198 Å². The Kier molecular flexibility index (Phi) is 9.32. The number of rotatable bonds is 6. The van der Waals surface area contributed by atoms with Gasteiger partial charge in [-0.15, -0.1) is 0 Å². The topological polar surface area (TPSA) is 90.4 Å². The normalized spacial score (nSPS) is 21.3. The van der Waals surface area contributed by atoms with Crippen molar-refractivity contribution < 1.29 is 23.1 Å². The van der Waals surface area contributed by atoms with Gasteiger partial charge in [0.15, 0.2) is 0 Å². The molecule has 8 nitrogen and oxygen atoms in total. The third-order valence-corrected chi connectivity index (χ3v) is 7.52. The van der Waals surface area contributed by atoms with E-state index < -0.39 is 22.2 Å². The predicted octanol–water partition coefficient (Wildman–Crippen LogP) is 1.48. The highest BCUT2D eigenvalue weighted by Gasteiger charge is 2.38. The lowest BCUT2D eigenvalue weighted by Gasteiger charge is -2.37. The molecular weight excluding hydrogens is 442 g/mol. The number of sulfonamides is 1. The van der Waals surface area contributed by atoms with Crippen molar-refractivity contribution in [3.8, 4) is 17.6 Å². The van der Waals surface area contributed by atoms with Gasteiger partial charge in [-0.1, -0.05) is 32.6 Å². The van der Waals surface area contributed by atoms with Crippen molar-refractivity contribution >= 4 is 15.9 Å². The highest BCUT2D eigenvalue weighted by atomic mass is 32.2. The summed E-state index contributed by atoms with van der Waals surface area (Å²) in [7, 11) is 1.47. The average Bonchev–Trinajstić information content (AvgIpc) is 2.73. The predicted molar refractivity (Wildman–Crippen MR) is 128 cm³/mol. The number of hydrogen-bond acceptors (Lipinski definition) is 6. The summed E-state index contributed by atoms with van der Waals surface area (Å²) in [5, 5.41) is 9.74. The first-order valence-electron chi connectivity index (χ1n) is 11.2. The number of carbonyl (C=O) groups excluding carboxylic acids is 1. The summed E-state index contributed by atoms with van der Waals surface area (Å²) in [5.41, 5.74) is 0.656. The van der Waals surface area contributed by atoms with E-state index in [0.717, 1.165) is 0 Å². The Morgan fingerprint density at radius 1 is 1.27 bits per heavy atom. The zero-order valence-electron chi connectivity index (χ0n) is 20.7. The number of ether oxygens (including phenoxy) is 1. The van der Waals surface area contributed by atoms with Gasteiger partial charge in [0.2, 0.25) is 15.9 Å². The van der Waals surface area contributed by atoms with Crippen LogP contribution in [0.15, 0.2) is 23.1 Å². The zero-order valence-corrected chi connectivity index (χ0v) is 21.5. The molecule has 1 N–H and O–H groups in total. The molecule has 1 aromatic rings. The first kappa shape index (κ1) is 27.1. The van der Waals surface area contributed by atoms with Gasteiger partial charge in [0.25, 0.3) is 0 Å². The molecule has 0 aliphatic carbocycles. The van der Waals surface area contributed by atoms with Gasteiger partial charge in [-0.25, -0.2) is 8.42 Å². The van der Waals surface area contributed by atoms with Gasteiger partial charge in [0.05, 0.1) is 19.7 Å². The van der Waals surface area contributed by atoms with Crippen LogP contribution < -0.4 is 4.74 Å². The fourth-order valence-corrected chi connectivity index (χ4v) is 5.34. The summed E-state index contributed by atoms with van der Waals surface area (Å²) in [6, 6.07) is 4.23. The van der Waals surface area contributed by atoms with E-state index in [-0.39, 0.29) is 48.1 Å². The molecule has 1 aliphatic rings. The fraction of sp³-hybridized carbons (Fsp3) is 0.625. The summed E-state index contributed by atoms with van der Waals surface area (Å²) in [6.45, 7) is 7.97. The molecule has 0 fully saturated rings. The third kappa shape index (κ3) is 6.93. The van der Waals surface area contributed by atoms with Crippen LogP contribution in [0.25, 0.3) is 0 Å². The second-order valence-electron chi connectivity index (χ2n) is 9.34. The lowest BCUT2D eigenvalue weighted by molar-refractivity contribution is -0.132. The van der Waals surface area contributed by atoms with Crippen LogP contribution in [0.3, 0.4) is 0 Å². The van der Waals surface area contributed by atoms with Crippen molar-refractivity contribution in [1.82, 2.24) is 14.1 Å². The van der Waals surface area contributed by atoms with E-state index in [9.17, 15) is 18.3 Å². The molecule has 0 saturated carbocycles. The van der Waals surface area contributed by atoms with Gasteiger partial charge >= 0.3 is 0 Å².